The summed E-state index contributed by atoms with van der Waals surface area (Å²) in [6.45, 7) is 0.558. The van der Waals surface area contributed by atoms with E-state index in [0.717, 1.165) is 0 Å². The van der Waals surface area contributed by atoms with Crippen LogP contribution in [0.15, 0.2) is 83.5 Å². The summed E-state index contributed by atoms with van der Waals surface area (Å²) in [5.74, 6) is 0.294. The van der Waals surface area contributed by atoms with Crippen LogP contribution in [0.4, 0.5) is 19.3 Å². The zero-order chi connectivity index (χ0) is 23.0. The second-order valence-corrected chi connectivity index (χ2v) is 7.23. The standard InChI is InChI=1S/C25H21F2N3O3/c26-19-9-7-18(8-10-19)24-29-22(16-33-24)11-12-28-25(31)30-21-5-2-6-23(14-21)32-15-17-3-1-4-20(27)13-17/h1-10,13-14,16H,11-12,15H2,(H2,28,30,31). The van der Waals surface area contributed by atoms with Crippen molar-refractivity contribution in [3.63, 3.8) is 0 Å². The number of halogens is 2. The van der Waals surface area contributed by atoms with Crippen molar-refractivity contribution in [3.8, 4) is 17.2 Å². The maximum Gasteiger partial charge on any atom is 0.319 e. The smallest absolute Gasteiger partial charge is 0.319 e. The number of hydrogen-bond donors (Lipinski definition) is 2. The van der Waals surface area contributed by atoms with Crippen LogP contribution >= 0.6 is 0 Å². The molecule has 1 heterocycles. The molecule has 4 rings (SSSR count). The van der Waals surface area contributed by atoms with Crippen LogP contribution in [0.5, 0.6) is 5.75 Å². The number of oxazole rings is 1. The van der Waals surface area contributed by atoms with Crippen LogP contribution in [0.25, 0.3) is 11.5 Å². The summed E-state index contributed by atoms with van der Waals surface area (Å²) < 4.78 is 37.4. The molecule has 8 heteroatoms. The molecule has 4 aromatic rings. The van der Waals surface area contributed by atoms with Crippen molar-refractivity contribution in [3.05, 3.63) is 102 Å². The molecule has 0 bridgehead atoms. The number of hydrogen-bond acceptors (Lipinski definition) is 4. The molecule has 0 saturated carbocycles. The predicted molar refractivity (Wildman–Crippen MR) is 120 cm³/mol. The number of anilines is 1. The lowest BCUT2D eigenvalue weighted by atomic mass is 10.2. The van der Waals surface area contributed by atoms with Crippen molar-refractivity contribution < 1.29 is 22.7 Å². The third kappa shape index (κ3) is 6.39. The van der Waals surface area contributed by atoms with Gasteiger partial charge in [0.2, 0.25) is 5.89 Å². The Morgan fingerprint density at radius 3 is 2.61 bits per heavy atom. The maximum absolute atomic E-state index is 13.3. The Morgan fingerprint density at radius 1 is 0.970 bits per heavy atom. The zero-order valence-electron chi connectivity index (χ0n) is 17.6. The first-order valence-corrected chi connectivity index (χ1v) is 10.3. The molecule has 0 unspecified atom stereocenters. The van der Waals surface area contributed by atoms with Crippen LogP contribution in [0, 0.1) is 11.6 Å². The minimum absolute atomic E-state index is 0.213. The molecular weight excluding hydrogens is 428 g/mol. The first kappa shape index (κ1) is 22.0. The number of amides is 2. The monoisotopic (exact) mass is 449 g/mol. The van der Waals surface area contributed by atoms with Gasteiger partial charge in [0.05, 0.1) is 5.69 Å². The zero-order valence-corrected chi connectivity index (χ0v) is 17.6. The number of nitrogens with one attached hydrogen (secondary N) is 2. The summed E-state index contributed by atoms with van der Waals surface area (Å²) in [5, 5.41) is 5.50. The Kier molecular flexibility index (Phi) is 6.94. The molecule has 2 amide bonds. The Hall–Kier alpha value is -4.20. The normalized spacial score (nSPS) is 10.6. The minimum atomic E-state index is -0.375. The van der Waals surface area contributed by atoms with Gasteiger partial charge in [-0.05, 0) is 54.1 Å². The lowest BCUT2D eigenvalue weighted by Gasteiger charge is -2.10. The van der Waals surface area contributed by atoms with Crippen molar-refractivity contribution in [2.24, 2.45) is 0 Å². The number of ether oxygens (including phenoxy) is 1. The molecule has 0 atom stereocenters. The Labute approximate surface area is 189 Å². The lowest BCUT2D eigenvalue weighted by molar-refractivity contribution is 0.252. The first-order chi connectivity index (χ1) is 16.0. The number of benzene rings is 3. The van der Waals surface area contributed by atoms with Crippen LogP contribution in [-0.4, -0.2) is 17.6 Å². The highest BCUT2D eigenvalue weighted by Crippen LogP contribution is 2.20. The van der Waals surface area contributed by atoms with Gasteiger partial charge in [-0.25, -0.2) is 18.6 Å². The fourth-order valence-electron chi connectivity index (χ4n) is 3.08. The summed E-state index contributed by atoms with van der Waals surface area (Å²) in [4.78, 5) is 16.6. The average Bonchev–Trinajstić information content (AvgIpc) is 3.27. The van der Waals surface area contributed by atoms with Gasteiger partial charge < -0.3 is 19.8 Å². The van der Waals surface area contributed by atoms with Crippen molar-refractivity contribution in [1.82, 2.24) is 10.3 Å². The maximum atomic E-state index is 13.3. The molecule has 33 heavy (non-hydrogen) atoms. The Balaban J connectivity index is 1.24. The van der Waals surface area contributed by atoms with Gasteiger partial charge in [0, 0.05) is 30.3 Å². The number of nitrogens with zero attached hydrogens (tertiary/aromatic N) is 1. The summed E-state index contributed by atoms with van der Waals surface area (Å²) in [6.07, 6.45) is 1.98. The van der Waals surface area contributed by atoms with Crippen LogP contribution in [0.2, 0.25) is 0 Å². The molecule has 1 aromatic heterocycles. The van der Waals surface area contributed by atoms with Crippen LogP contribution in [-0.2, 0) is 13.0 Å². The molecule has 0 radical (unpaired) electrons. The van der Waals surface area contributed by atoms with Crippen molar-refractivity contribution >= 4 is 11.7 Å². The van der Waals surface area contributed by atoms with Gasteiger partial charge in [-0.1, -0.05) is 18.2 Å². The molecule has 0 aliphatic heterocycles. The van der Waals surface area contributed by atoms with Crippen molar-refractivity contribution in [2.45, 2.75) is 13.0 Å². The van der Waals surface area contributed by atoms with E-state index < -0.39 is 0 Å². The molecule has 0 aliphatic rings. The Bertz CT molecular complexity index is 1230. The van der Waals surface area contributed by atoms with Crippen molar-refractivity contribution in [2.75, 3.05) is 11.9 Å². The van der Waals surface area contributed by atoms with E-state index in [0.29, 0.717) is 47.1 Å². The van der Waals surface area contributed by atoms with Gasteiger partial charge >= 0.3 is 6.03 Å². The summed E-state index contributed by atoms with van der Waals surface area (Å²) in [7, 11) is 0. The van der Waals surface area contributed by atoms with Gasteiger partial charge in [-0.15, -0.1) is 0 Å². The van der Waals surface area contributed by atoms with Crippen molar-refractivity contribution in [1.29, 1.82) is 0 Å². The fourth-order valence-corrected chi connectivity index (χ4v) is 3.08. The largest absolute Gasteiger partial charge is 0.489 e. The van der Waals surface area contributed by atoms with E-state index in [2.05, 4.69) is 15.6 Å². The molecule has 0 aliphatic carbocycles. The van der Waals surface area contributed by atoms with Gasteiger partial charge in [-0.3, -0.25) is 0 Å². The molecule has 0 saturated heterocycles. The van der Waals surface area contributed by atoms with E-state index in [-0.39, 0.29) is 24.3 Å². The van der Waals surface area contributed by atoms with Crippen LogP contribution in [0.1, 0.15) is 11.3 Å². The highest BCUT2D eigenvalue weighted by Gasteiger charge is 2.08. The van der Waals surface area contributed by atoms with Gasteiger partial charge in [0.25, 0.3) is 0 Å². The second kappa shape index (κ2) is 10.4. The molecule has 2 N–H and O–H groups in total. The summed E-state index contributed by atoms with van der Waals surface area (Å²) in [6, 6.07) is 18.6. The Morgan fingerprint density at radius 2 is 1.79 bits per heavy atom. The molecule has 168 valence electrons. The number of urea groups is 1. The third-order valence-electron chi connectivity index (χ3n) is 4.70. The topological polar surface area (TPSA) is 76.4 Å². The molecular formula is C25H21F2N3O3. The molecule has 0 spiro atoms. The summed E-state index contributed by atoms with van der Waals surface area (Å²) >= 11 is 0. The predicted octanol–water partition coefficient (Wildman–Crippen LogP) is 5.56. The van der Waals surface area contributed by atoms with E-state index in [1.165, 1.54) is 30.5 Å². The number of aromatic nitrogens is 1. The van der Waals surface area contributed by atoms with E-state index in [9.17, 15) is 13.6 Å². The minimum Gasteiger partial charge on any atom is -0.489 e. The number of carbonyl (C=O) groups excluding carboxylic acids is 1. The number of rotatable bonds is 8. The second-order valence-electron chi connectivity index (χ2n) is 7.23. The number of carbonyl (C=O) groups is 1. The van der Waals surface area contributed by atoms with Crippen LogP contribution in [0.3, 0.4) is 0 Å². The average molecular weight is 449 g/mol. The SMILES string of the molecule is O=C(NCCc1coc(-c2ccc(F)cc2)n1)Nc1cccc(OCc2cccc(F)c2)c1. The third-order valence-corrected chi connectivity index (χ3v) is 4.70. The summed E-state index contributed by atoms with van der Waals surface area (Å²) in [5.41, 5.74) is 2.61. The fraction of sp³-hybridized carbons (Fsp3) is 0.120. The molecule has 3 aromatic carbocycles. The molecule has 6 nitrogen and oxygen atoms in total. The van der Waals surface area contributed by atoms with Gasteiger partial charge in [0.15, 0.2) is 0 Å². The van der Waals surface area contributed by atoms with Gasteiger partial charge in [-0.2, -0.15) is 0 Å². The van der Waals surface area contributed by atoms with E-state index >= 15 is 0 Å². The van der Waals surface area contributed by atoms with E-state index in [1.54, 1.807) is 48.5 Å². The lowest BCUT2D eigenvalue weighted by Crippen LogP contribution is -2.30. The first-order valence-electron chi connectivity index (χ1n) is 10.3. The highest BCUT2D eigenvalue weighted by molar-refractivity contribution is 5.89. The molecule has 0 fully saturated rings. The van der Waals surface area contributed by atoms with Gasteiger partial charge in [0.1, 0.15) is 30.3 Å². The van der Waals surface area contributed by atoms with Crippen LogP contribution < -0.4 is 15.4 Å². The highest BCUT2D eigenvalue weighted by atomic mass is 19.1. The van der Waals surface area contributed by atoms with E-state index in [1.807, 2.05) is 0 Å². The van der Waals surface area contributed by atoms with E-state index in [4.69, 9.17) is 9.15 Å². The quantitative estimate of drug-likeness (QED) is 0.369.